The fraction of sp³-hybridized carbons (Fsp3) is 0.462. The van der Waals surface area contributed by atoms with Gasteiger partial charge in [-0.1, -0.05) is 17.4 Å². The first-order chi connectivity index (χ1) is 9.81. The molecule has 0 spiro atoms. The molecule has 1 fully saturated rings. The summed E-state index contributed by atoms with van der Waals surface area (Å²) < 4.78 is 5.93. The molecule has 0 atom stereocenters. The predicted octanol–water partition coefficient (Wildman–Crippen LogP) is 1.70. The van der Waals surface area contributed by atoms with Crippen LogP contribution in [-0.4, -0.2) is 34.4 Å². The molecule has 1 saturated heterocycles. The minimum atomic E-state index is 0.303. The first kappa shape index (κ1) is 13.3. The average molecular weight is 291 g/mol. The Morgan fingerprint density at radius 3 is 2.85 bits per heavy atom. The van der Waals surface area contributed by atoms with Crippen molar-refractivity contribution < 1.29 is 4.74 Å². The molecule has 1 aliphatic rings. The van der Waals surface area contributed by atoms with E-state index >= 15 is 0 Å². The lowest BCUT2D eigenvalue weighted by atomic mass is 10.1. The smallest absolute Gasteiger partial charge is 0.209 e. The van der Waals surface area contributed by atoms with Gasteiger partial charge in [-0.25, -0.2) is 0 Å². The molecule has 3 heterocycles. The Morgan fingerprint density at radius 2 is 2.20 bits per heavy atom. The molecular weight excluding hydrogens is 274 g/mol. The summed E-state index contributed by atoms with van der Waals surface area (Å²) in [6.07, 6.45) is 5.92. The molecule has 0 saturated carbocycles. The first-order valence-corrected chi connectivity index (χ1v) is 7.47. The van der Waals surface area contributed by atoms with Crippen LogP contribution in [0.25, 0.3) is 0 Å². The summed E-state index contributed by atoms with van der Waals surface area (Å²) in [5, 5.41) is 9.37. The van der Waals surface area contributed by atoms with E-state index in [2.05, 4.69) is 20.1 Å². The number of nitrogen functional groups attached to an aromatic ring is 1. The standard InChI is InChI=1S/C13H17N5OS/c14-12-16-17-13(20-12)18-6-3-11(4-7-18)19-9-10-2-1-5-15-8-10/h1-2,5,8,11H,3-4,6-7,9H2,(H2,14,16). The molecule has 0 bridgehead atoms. The molecule has 2 aromatic heterocycles. The highest BCUT2D eigenvalue weighted by Crippen LogP contribution is 2.25. The number of piperidine rings is 1. The van der Waals surface area contributed by atoms with Crippen molar-refractivity contribution >= 4 is 21.6 Å². The minimum absolute atomic E-state index is 0.303. The van der Waals surface area contributed by atoms with Crippen molar-refractivity contribution in [2.45, 2.75) is 25.6 Å². The fourth-order valence-corrected chi connectivity index (χ4v) is 2.93. The predicted molar refractivity (Wildman–Crippen MR) is 78.6 cm³/mol. The third kappa shape index (κ3) is 3.23. The third-order valence-electron chi connectivity index (χ3n) is 3.35. The van der Waals surface area contributed by atoms with Crippen LogP contribution in [0.2, 0.25) is 0 Å². The molecule has 0 aromatic carbocycles. The average Bonchev–Trinajstić information content (AvgIpc) is 2.93. The van der Waals surface area contributed by atoms with Gasteiger partial charge in [0.05, 0.1) is 12.7 Å². The van der Waals surface area contributed by atoms with Crippen LogP contribution in [0.3, 0.4) is 0 Å². The lowest BCUT2D eigenvalue weighted by molar-refractivity contribution is 0.0250. The third-order valence-corrected chi connectivity index (χ3v) is 4.16. The number of hydrogen-bond donors (Lipinski definition) is 1. The molecule has 7 heteroatoms. The summed E-state index contributed by atoms with van der Waals surface area (Å²) >= 11 is 1.44. The van der Waals surface area contributed by atoms with E-state index in [1.54, 1.807) is 6.20 Å². The van der Waals surface area contributed by atoms with E-state index in [4.69, 9.17) is 10.5 Å². The van der Waals surface area contributed by atoms with Crippen molar-refractivity contribution in [1.82, 2.24) is 15.2 Å². The molecule has 0 aliphatic carbocycles. The van der Waals surface area contributed by atoms with Gasteiger partial charge in [-0.3, -0.25) is 4.98 Å². The Labute approximate surface area is 121 Å². The Morgan fingerprint density at radius 1 is 1.35 bits per heavy atom. The van der Waals surface area contributed by atoms with Crippen molar-refractivity contribution in [3.63, 3.8) is 0 Å². The van der Waals surface area contributed by atoms with Crippen molar-refractivity contribution in [2.24, 2.45) is 0 Å². The second-order valence-corrected chi connectivity index (χ2v) is 5.77. The molecule has 1 aliphatic heterocycles. The van der Waals surface area contributed by atoms with Crippen LogP contribution in [0.5, 0.6) is 0 Å². The van der Waals surface area contributed by atoms with E-state index in [1.165, 1.54) is 11.3 Å². The molecule has 20 heavy (non-hydrogen) atoms. The summed E-state index contributed by atoms with van der Waals surface area (Å²) in [5.41, 5.74) is 6.73. The van der Waals surface area contributed by atoms with E-state index < -0.39 is 0 Å². The zero-order valence-corrected chi connectivity index (χ0v) is 11.9. The molecule has 0 unspecified atom stereocenters. The van der Waals surface area contributed by atoms with Gasteiger partial charge in [-0.05, 0) is 24.5 Å². The van der Waals surface area contributed by atoms with Crippen molar-refractivity contribution in [3.8, 4) is 0 Å². The van der Waals surface area contributed by atoms with E-state index in [-0.39, 0.29) is 0 Å². The monoisotopic (exact) mass is 291 g/mol. The lowest BCUT2D eigenvalue weighted by Crippen LogP contribution is -2.36. The second-order valence-electron chi connectivity index (χ2n) is 4.78. The molecule has 2 N–H and O–H groups in total. The molecule has 2 aromatic rings. The Hall–Kier alpha value is -1.73. The van der Waals surface area contributed by atoms with Gasteiger partial charge in [0.1, 0.15) is 0 Å². The Balaban J connectivity index is 1.47. The highest BCUT2D eigenvalue weighted by atomic mass is 32.1. The van der Waals surface area contributed by atoms with Crippen LogP contribution in [0.15, 0.2) is 24.5 Å². The van der Waals surface area contributed by atoms with Crippen LogP contribution in [0.1, 0.15) is 18.4 Å². The Bertz CT molecular complexity index is 539. The zero-order chi connectivity index (χ0) is 13.8. The minimum Gasteiger partial charge on any atom is -0.374 e. The number of rotatable bonds is 4. The molecular formula is C13H17N5OS. The quantitative estimate of drug-likeness (QED) is 0.924. The van der Waals surface area contributed by atoms with Gasteiger partial charge < -0.3 is 15.4 Å². The van der Waals surface area contributed by atoms with Gasteiger partial charge in [0.2, 0.25) is 10.3 Å². The molecule has 0 radical (unpaired) electrons. The van der Waals surface area contributed by atoms with Crippen LogP contribution in [-0.2, 0) is 11.3 Å². The highest BCUT2D eigenvalue weighted by molar-refractivity contribution is 7.18. The van der Waals surface area contributed by atoms with Crippen molar-refractivity contribution in [2.75, 3.05) is 23.7 Å². The maximum Gasteiger partial charge on any atom is 0.209 e. The van der Waals surface area contributed by atoms with Crippen molar-refractivity contribution in [1.29, 1.82) is 0 Å². The molecule has 3 rings (SSSR count). The van der Waals surface area contributed by atoms with Crippen LogP contribution < -0.4 is 10.6 Å². The van der Waals surface area contributed by atoms with Gasteiger partial charge in [-0.15, -0.1) is 10.2 Å². The SMILES string of the molecule is Nc1nnc(N2CCC(OCc3cccnc3)CC2)s1. The van der Waals surface area contributed by atoms with Gasteiger partial charge in [0.25, 0.3) is 0 Å². The maximum absolute atomic E-state index is 5.93. The van der Waals surface area contributed by atoms with E-state index in [9.17, 15) is 0 Å². The number of ether oxygens (including phenoxy) is 1. The summed E-state index contributed by atoms with van der Waals surface area (Å²) in [7, 11) is 0. The zero-order valence-electron chi connectivity index (χ0n) is 11.1. The second kappa shape index (κ2) is 6.15. The topological polar surface area (TPSA) is 77.2 Å². The van der Waals surface area contributed by atoms with Crippen LogP contribution in [0.4, 0.5) is 10.3 Å². The number of anilines is 2. The van der Waals surface area contributed by atoms with Crippen LogP contribution in [0, 0.1) is 0 Å². The van der Waals surface area contributed by atoms with Gasteiger partial charge in [-0.2, -0.15) is 0 Å². The summed E-state index contributed by atoms with van der Waals surface area (Å²) in [4.78, 5) is 6.31. The molecule has 106 valence electrons. The summed E-state index contributed by atoms with van der Waals surface area (Å²) in [6, 6.07) is 3.97. The number of nitrogens with zero attached hydrogens (tertiary/aromatic N) is 4. The number of nitrogens with two attached hydrogens (primary N) is 1. The fourth-order valence-electron chi connectivity index (χ4n) is 2.27. The van der Waals surface area contributed by atoms with Gasteiger partial charge in [0.15, 0.2) is 0 Å². The van der Waals surface area contributed by atoms with E-state index in [0.29, 0.717) is 17.8 Å². The van der Waals surface area contributed by atoms with E-state index in [0.717, 1.165) is 36.6 Å². The largest absolute Gasteiger partial charge is 0.374 e. The maximum atomic E-state index is 5.93. The number of hydrogen-bond acceptors (Lipinski definition) is 7. The van der Waals surface area contributed by atoms with E-state index in [1.807, 2.05) is 18.3 Å². The number of aromatic nitrogens is 3. The van der Waals surface area contributed by atoms with Crippen molar-refractivity contribution in [3.05, 3.63) is 30.1 Å². The highest BCUT2D eigenvalue weighted by Gasteiger charge is 2.22. The van der Waals surface area contributed by atoms with Gasteiger partial charge >= 0.3 is 0 Å². The number of pyridine rings is 1. The first-order valence-electron chi connectivity index (χ1n) is 6.66. The molecule has 6 nitrogen and oxygen atoms in total. The molecule has 0 amide bonds. The van der Waals surface area contributed by atoms with Crippen LogP contribution >= 0.6 is 11.3 Å². The van der Waals surface area contributed by atoms with Gasteiger partial charge in [0, 0.05) is 25.5 Å². The summed E-state index contributed by atoms with van der Waals surface area (Å²) in [6.45, 7) is 2.50. The Kier molecular flexibility index (Phi) is 4.08. The summed E-state index contributed by atoms with van der Waals surface area (Å²) in [5.74, 6) is 0. The normalized spacial score (nSPS) is 16.5. The lowest BCUT2D eigenvalue weighted by Gasteiger charge is -2.31.